The molecular formula is C17H22N4O2. The Balaban J connectivity index is 1.92. The van der Waals surface area contributed by atoms with Gasteiger partial charge in [0.1, 0.15) is 6.04 Å². The van der Waals surface area contributed by atoms with Crippen molar-refractivity contribution in [3.63, 3.8) is 0 Å². The van der Waals surface area contributed by atoms with Crippen molar-refractivity contribution in [2.24, 2.45) is 0 Å². The lowest BCUT2D eigenvalue weighted by Crippen LogP contribution is -2.38. The molecule has 0 saturated carbocycles. The second-order valence-electron chi connectivity index (χ2n) is 5.68. The third-order valence-corrected chi connectivity index (χ3v) is 3.26. The Kier molecular flexibility index (Phi) is 6.05. The van der Waals surface area contributed by atoms with Crippen LogP contribution in [0.3, 0.4) is 0 Å². The standard InChI is InChI=1S/C17H22N4O2/c1-12(2)21-17-19-10-14(11-20-17)9-18-15(16(22)23)8-13-6-4-3-5-7-13/h3-7,10-12,15,18H,8-9H2,1-2H3,(H,22,23)(H,19,20,21). The summed E-state index contributed by atoms with van der Waals surface area (Å²) in [4.78, 5) is 19.8. The van der Waals surface area contributed by atoms with Crippen LogP contribution in [0.2, 0.25) is 0 Å². The summed E-state index contributed by atoms with van der Waals surface area (Å²) < 4.78 is 0. The fourth-order valence-corrected chi connectivity index (χ4v) is 2.12. The molecule has 1 atom stereocenters. The van der Waals surface area contributed by atoms with Gasteiger partial charge in [-0.25, -0.2) is 9.97 Å². The molecule has 0 aliphatic heterocycles. The van der Waals surface area contributed by atoms with E-state index in [1.807, 2.05) is 44.2 Å². The highest BCUT2D eigenvalue weighted by molar-refractivity contribution is 5.73. The van der Waals surface area contributed by atoms with E-state index in [1.165, 1.54) is 0 Å². The second-order valence-corrected chi connectivity index (χ2v) is 5.68. The summed E-state index contributed by atoms with van der Waals surface area (Å²) in [5.41, 5.74) is 1.83. The number of carbonyl (C=O) groups is 1. The Bertz CT molecular complexity index is 614. The number of carboxylic acid groups (broad SMARTS) is 1. The Labute approximate surface area is 136 Å². The molecule has 1 aromatic heterocycles. The Morgan fingerprint density at radius 2 is 1.78 bits per heavy atom. The Morgan fingerprint density at radius 1 is 1.13 bits per heavy atom. The molecule has 23 heavy (non-hydrogen) atoms. The van der Waals surface area contributed by atoms with E-state index < -0.39 is 12.0 Å². The third kappa shape index (κ3) is 5.67. The van der Waals surface area contributed by atoms with E-state index >= 15 is 0 Å². The highest BCUT2D eigenvalue weighted by Gasteiger charge is 2.17. The summed E-state index contributed by atoms with van der Waals surface area (Å²) in [5, 5.41) is 15.5. The highest BCUT2D eigenvalue weighted by Crippen LogP contribution is 2.06. The minimum atomic E-state index is -0.868. The number of aliphatic carboxylic acids is 1. The lowest BCUT2D eigenvalue weighted by atomic mass is 10.1. The van der Waals surface area contributed by atoms with Crippen LogP contribution in [0.15, 0.2) is 42.7 Å². The Morgan fingerprint density at radius 3 is 2.35 bits per heavy atom. The van der Waals surface area contributed by atoms with Crippen LogP contribution in [0.5, 0.6) is 0 Å². The van der Waals surface area contributed by atoms with Crippen LogP contribution in [-0.2, 0) is 17.8 Å². The molecule has 0 bridgehead atoms. The van der Waals surface area contributed by atoms with Crippen molar-refractivity contribution in [1.29, 1.82) is 0 Å². The van der Waals surface area contributed by atoms with Crippen LogP contribution in [0, 0.1) is 0 Å². The lowest BCUT2D eigenvalue weighted by molar-refractivity contribution is -0.139. The molecule has 6 heteroatoms. The monoisotopic (exact) mass is 314 g/mol. The summed E-state index contributed by atoms with van der Waals surface area (Å²) in [6, 6.07) is 9.19. The molecule has 0 saturated heterocycles. The molecule has 2 rings (SSSR count). The molecule has 0 aliphatic rings. The highest BCUT2D eigenvalue weighted by atomic mass is 16.4. The summed E-state index contributed by atoms with van der Waals surface area (Å²) in [7, 11) is 0. The van der Waals surface area contributed by atoms with Crippen LogP contribution in [-0.4, -0.2) is 33.1 Å². The van der Waals surface area contributed by atoms with E-state index in [2.05, 4.69) is 20.6 Å². The van der Waals surface area contributed by atoms with E-state index in [4.69, 9.17) is 0 Å². The maximum atomic E-state index is 11.4. The summed E-state index contributed by atoms with van der Waals surface area (Å²) >= 11 is 0. The van der Waals surface area contributed by atoms with Crippen LogP contribution in [0.4, 0.5) is 5.95 Å². The first-order valence-electron chi connectivity index (χ1n) is 7.62. The molecule has 1 unspecified atom stereocenters. The fraction of sp³-hybridized carbons (Fsp3) is 0.353. The third-order valence-electron chi connectivity index (χ3n) is 3.26. The van der Waals surface area contributed by atoms with Gasteiger partial charge in [-0.1, -0.05) is 30.3 Å². The molecule has 0 fully saturated rings. The predicted molar refractivity (Wildman–Crippen MR) is 89.2 cm³/mol. The molecule has 0 amide bonds. The number of hydrogen-bond donors (Lipinski definition) is 3. The van der Waals surface area contributed by atoms with Gasteiger partial charge in [-0.15, -0.1) is 0 Å². The first-order valence-corrected chi connectivity index (χ1v) is 7.62. The van der Waals surface area contributed by atoms with E-state index in [-0.39, 0.29) is 6.04 Å². The smallest absolute Gasteiger partial charge is 0.321 e. The van der Waals surface area contributed by atoms with Crippen molar-refractivity contribution in [3.05, 3.63) is 53.9 Å². The number of rotatable bonds is 8. The van der Waals surface area contributed by atoms with Gasteiger partial charge in [-0.3, -0.25) is 10.1 Å². The number of nitrogens with one attached hydrogen (secondary N) is 2. The van der Waals surface area contributed by atoms with Crippen molar-refractivity contribution >= 4 is 11.9 Å². The van der Waals surface area contributed by atoms with Crippen LogP contribution in [0.1, 0.15) is 25.0 Å². The number of aromatic nitrogens is 2. The summed E-state index contributed by atoms with van der Waals surface area (Å²) in [6.45, 7) is 4.44. The quantitative estimate of drug-likeness (QED) is 0.691. The average molecular weight is 314 g/mol. The number of hydrogen-bond acceptors (Lipinski definition) is 5. The number of benzene rings is 1. The Hall–Kier alpha value is -2.47. The van der Waals surface area contributed by atoms with E-state index in [0.717, 1.165) is 11.1 Å². The van der Waals surface area contributed by atoms with Crippen LogP contribution in [0.25, 0.3) is 0 Å². The molecule has 1 aromatic carbocycles. The maximum absolute atomic E-state index is 11.4. The molecule has 0 aliphatic carbocycles. The van der Waals surface area contributed by atoms with Crippen molar-refractivity contribution in [2.45, 2.75) is 38.9 Å². The normalized spacial score (nSPS) is 12.1. The van der Waals surface area contributed by atoms with Gasteiger partial charge in [-0.05, 0) is 25.8 Å². The van der Waals surface area contributed by atoms with Gasteiger partial charge in [0.25, 0.3) is 0 Å². The number of anilines is 1. The fourth-order valence-electron chi connectivity index (χ4n) is 2.12. The summed E-state index contributed by atoms with van der Waals surface area (Å²) in [6.07, 6.45) is 3.84. The van der Waals surface area contributed by atoms with Crippen LogP contribution >= 0.6 is 0 Å². The molecule has 122 valence electrons. The molecule has 0 radical (unpaired) electrons. The first-order chi connectivity index (χ1) is 11.0. The zero-order valence-corrected chi connectivity index (χ0v) is 13.4. The largest absolute Gasteiger partial charge is 0.480 e. The molecule has 2 aromatic rings. The summed E-state index contributed by atoms with van der Waals surface area (Å²) in [5.74, 6) is -0.296. The van der Waals surface area contributed by atoms with Crippen molar-refractivity contribution < 1.29 is 9.90 Å². The number of nitrogens with zero attached hydrogens (tertiary/aromatic N) is 2. The van der Waals surface area contributed by atoms with Crippen molar-refractivity contribution in [3.8, 4) is 0 Å². The van der Waals surface area contributed by atoms with E-state index in [9.17, 15) is 9.90 Å². The molecular weight excluding hydrogens is 292 g/mol. The van der Waals surface area contributed by atoms with Crippen molar-refractivity contribution in [1.82, 2.24) is 15.3 Å². The second kappa shape index (κ2) is 8.24. The zero-order chi connectivity index (χ0) is 16.7. The molecule has 6 nitrogen and oxygen atoms in total. The average Bonchev–Trinajstić information content (AvgIpc) is 2.53. The van der Waals surface area contributed by atoms with Crippen molar-refractivity contribution in [2.75, 3.05) is 5.32 Å². The minimum absolute atomic E-state index is 0.265. The van der Waals surface area contributed by atoms with Crippen LogP contribution < -0.4 is 10.6 Å². The van der Waals surface area contributed by atoms with Gasteiger partial charge in [0, 0.05) is 30.5 Å². The lowest BCUT2D eigenvalue weighted by Gasteiger charge is -2.14. The zero-order valence-electron chi connectivity index (χ0n) is 13.4. The predicted octanol–water partition coefficient (Wildman–Crippen LogP) is 2.08. The van der Waals surface area contributed by atoms with Gasteiger partial charge >= 0.3 is 5.97 Å². The van der Waals surface area contributed by atoms with Gasteiger partial charge < -0.3 is 10.4 Å². The maximum Gasteiger partial charge on any atom is 0.321 e. The SMILES string of the molecule is CC(C)Nc1ncc(CNC(Cc2ccccc2)C(=O)O)cn1. The topological polar surface area (TPSA) is 87.1 Å². The van der Waals surface area contributed by atoms with E-state index in [1.54, 1.807) is 12.4 Å². The minimum Gasteiger partial charge on any atom is -0.480 e. The van der Waals surface area contributed by atoms with Gasteiger partial charge in [0.15, 0.2) is 0 Å². The molecule has 1 heterocycles. The molecule has 3 N–H and O–H groups in total. The number of carboxylic acids is 1. The van der Waals surface area contributed by atoms with Gasteiger partial charge in [0.2, 0.25) is 5.95 Å². The molecule has 0 spiro atoms. The van der Waals surface area contributed by atoms with Gasteiger partial charge in [0.05, 0.1) is 0 Å². The van der Waals surface area contributed by atoms with E-state index in [0.29, 0.717) is 18.9 Å². The first kappa shape index (κ1) is 16.9. The van der Waals surface area contributed by atoms with Gasteiger partial charge in [-0.2, -0.15) is 0 Å².